The van der Waals surface area contributed by atoms with Crippen LogP contribution in [0.4, 0.5) is 0 Å². The number of rotatable bonds is 5. The molecule has 0 heterocycles. The van der Waals surface area contributed by atoms with Crippen molar-refractivity contribution < 1.29 is 4.79 Å². The first-order valence-electron chi connectivity index (χ1n) is 8.48. The van der Waals surface area contributed by atoms with Crippen LogP contribution in [0.3, 0.4) is 0 Å². The van der Waals surface area contributed by atoms with Crippen molar-refractivity contribution in [3.05, 3.63) is 0 Å². The van der Waals surface area contributed by atoms with E-state index in [4.69, 9.17) is 0 Å². The molecule has 2 fully saturated rings. The Morgan fingerprint density at radius 3 is 2.63 bits per heavy atom. The fourth-order valence-corrected chi connectivity index (χ4v) is 4.95. The highest BCUT2D eigenvalue weighted by Crippen LogP contribution is 2.57. The van der Waals surface area contributed by atoms with Crippen molar-refractivity contribution in [2.24, 2.45) is 29.1 Å². The molecule has 1 heteroatoms. The molecule has 110 valence electrons. The standard InChI is InChI=1S/C18H32O/c1-13(2)7-5-8-14(3)15-10-11-16-17(19)9-6-12-18(15,16)4/h13-16H,5-12H2,1-4H3/t14-,15?,16-,18-/m1/s1. The van der Waals surface area contributed by atoms with Crippen molar-refractivity contribution in [1.82, 2.24) is 0 Å². The Morgan fingerprint density at radius 2 is 1.95 bits per heavy atom. The van der Waals surface area contributed by atoms with Crippen molar-refractivity contribution in [3.8, 4) is 0 Å². The maximum atomic E-state index is 12.2. The number of carbonyl (C=O) groups excluding carboxylic acids is 1. The molecule has 2 aliphatic carbocycles. The average Bonchev–Trinajstić information content (AvgIpc) is 2.67. The van der Waals surface area contributed by atoms with Gasteiger partial charge in [-0.15, -0.1) is 0 Å². The molecule has 0 N–H and O–H groups in total. The predicted molar refractivity (Wildman–Crippen MR) is 81.0 cm³/mol. The normalized spacial score (nSPS) is 36.6. The SMILES string of the molecule is CC(C)CCC[C@@H](C)C1CC[C@@H]2C(=O)CCC[C@]12C. The summed E-state index contributed by atoms with van der Waals surface area (Å²) in [6.07, 6.45) is 9.85. The number of hydrogen-bond donors (Lipinski definition) is 0. The molecule has 0 aromatic heterocycles. The van der Waals surface area contributed by atoms with Gasteiger partial charge in [-0.25, -0.2) is 0 Å². The van der Waals surface area contributed by atoms with E-state index < -0.39 is 0 Å². The zero-order valence-corrected chi connectivity index (χ0v) is 13.4. The summed E-state index contributed by atoms with van der Waals surface area (Å²) in [5, 5.41) is 0. The predicted octanol–water partition coefficient (Wildman–Crippen LogP) is 5.23. The summed E-state index contributed by atoms with van der Waals surface area (Å²) in [6, 6.07) is 0. The second-order valence-electron chi connectivity index (χ2n) is 7.86. The van der Waals surface area contributed by atoms with Gasteiger partial charge >= 0.3 is 0 Å². The quantitative estimate of drug-likeness (QED) is 0.664. The molecule has 2 rings (SSSR count). The highest BCUT2D eigenvalue weighted by Gasteiger charge is 2.52. The van der Waals surface area contributed by atoms with Gasteiger partial charge in [0.1, 0.15) is 5.78 Å². The second-order valence-corrected chi connectivity index (χ2v) is 7.86. The molecule has 0 saturated heterocycles. The zero-order chi connectivity index (χ0) is 14.0. The molecule has 1 unspecified atom stereocenters. The first-order valence-corrected chi connectivity index (χ1v) is 8.48. The Bertz CT molecular complexity index is 320. The van der Waals surface area contributed by atoms with Crippen LogP contribution in [0.5, 0.6) is 0 Å². The molecule has 0 aromatic carbocycles. The molecule has 0 aliphatic heterocycles. The lowest BCUT2D eigenvalue weighted by Crippen LogP contribution is -2.39. The van der Waals surface area contributed by atoms with Crippen molar-refractivity contribution >= 4 is 5.78 Å². The molecule has 0 radical (unpaired) electrons. The smallest absolute Gasteiger partial charge is 0.136 e. The fraction of sp³-hybridized carbons (Fsp3) is 0.944. The minimum atomic E-state index is 0.340. The van der Waals surface area contributed by atoms with Gasteiger partial charge in [-0.05, 0) is 48.9 Å². The molecule has 19 heavy (non-hydrogen) atoms. The highest BCUT2D eigenvalue weighted by molar-refractivity contribution is 5.83. The minimum absolute atomic E-state index is 0.340. The number of fused-ring (bicyclic) bond motifs is 1. The average molecular weight is 264 g/mol. The van der Waals surface area contributed by atoms with E-state index in [1.807, 2.05) is 0 Å². The Labute approximate surface area is 119 Å². The molecule has 0 aromatic rings. The van der Waals surface area contributed by atoms with Crippen LogP contribution < -0.4 is 0 Å². The number of hydrogen-bond acceptors (Lipinski definition) is 1. The maximum Gasteiger partial charge on any atom is 0.136 e. The van der Waals surface area contributed by atoms with Gasteiger partial charge in [0.05, 0.1) is 0 Å². The van der Waals surface area contributed by atoms with Crippen LogP contribution in [-0.4, -0.2) is 5.78 Å². The van der Waals surface area contributed by atoms with Gasteiger partial charge in [-0.3, -0.25) is 4.79 Å². The van der Waals surface area contributed by atoms with Gasteiger partial charge in [0, 0.05) is 12.3 Å². The summed E-state index contributed by atoms with van der Waals surface area (Å²) in [4.78, 5) is 12.2. The first kappa shape index (κ1) is 15.1. The highest BCUT2D eigenvalue weighted by atomic mass is 16.1. The van der Waals surface area contributed by atoms with E-state index in [0.29, 0.717) is 17.1 Å². The lowest BCUT2D eigenvalue weighted by atomic mass is 9.62. The molecule has 1 nitrogen and oxygen atoms in total. The summed E-state index contributed by atoms with van der Waals surface area (Å²) >= 11 is 0. The van der Waals surface area contributed by atoms with Crippen molar-refractivity contribution in [3.63, 3.8) is 0 Å². The molecular formula is C18H32O. The van der Waals surface area contributed by atoms with Gasteiger partial charge in [-0.2, -0.15) is 0 Å². The van der Waals surface area contributed by atoms with Crippen LogP contribution in [0.2, 0.25) is 0 Å². The molecule has 0 spiro atoms. The summed E-state index contributed by atoms with van der Waals surface area (Å²) in [7, 11) is 0. The third kappa shape index (κ3) is 3.06. The van der Waals surface area contributed by atoms with Gasteiger partial charge in [-0.1, -0.05) is 47.0 Å². The van der Waals surface area contributed by atoms with Crippen LogP contribution >= 0.6 is 0 Å². The van der Waals surface area contributed by atoms with E-state index in [0.717, 1.165) is 30.6 Å². The van der Waals surface area contributed by atoms with Crippen LogP contribution in [-0.2, 0) is 4.79 Å². The lowest BCUT2D eigenvalue weighted by molar-refractivity contribution is -0.130. The second kappa shape index (κ2) is 5.97. The molecule has 0 bridgehead atoms. The Kier molecular flexibility index (Phi) is 4.74. The minimum Gasteiger partial charge on any atom is -0.299 e. The van der Waals surface area contributed by atoms with E-state index >= 15 is 0 Å². The van der Waals surface area contributed by atoms with Gasteiger partial charge in [0.2, 0.25) is 0 Å². The van der Waals surface area contributed by atoms with E-state index in [1.54, 1.807) is 0 Å². The Morgan fingerprint density at radius 1 is 1.21 bits per heavy atom. The van der Waals surface area contributed by atoms with Gasteiger partial charge in [0.25, 0.3) is 0 Å². The molecular weight excluding hydrogens is 232 g/mol. The lowest BCUT2D eigenvalue weighted by Gasteiger charge is -2.42. The Hall–Kier alpha value is -0.330. The first-order chi connectivity index (χ1) is 8.95. The number of Topliss-reactive ketones (excluding diaryl/α,β-unsaturated/α-hetero) is 1. The zero-order valence-electron chi connectivity index (χ0n) is 13.4. The fourth-order valence-electron chi connectivity index (χ4n) is 4.95. The monoisotopic (exact) mass is 264 g/mol. The third-order valence-electron chi connectivity index (χ3n) is 6.06. The molecule has 0 amide bonds. The van der Waals surface area contributed by atoms with Crippen LogP contribution in [0.1, 0.15) is 79.1 Å². The largest absolute Gasteiger partial charge is 0.299 e. The van der Waals surface area contributed by atoms with Crippen molar-refractivity contribution in [2.75, 3.05) is 0 Å². The summed E-state index contributed by atoms with van der Waals surface area (Å²) in [5.74, 6) is 3.41. The summed E-state index contributed by atoms with van der Waals surface area (Å²) in [6.45, 7) is 9.50. The van der Waals surface area contributed by atoms with E-state index in [-0.39, 0.29) is 0 Å². The van der Waals surface area contributed by atoms with Crippen molar-refractivity contribution in [1.29, 1.82) is 0 Å². The van der Waals surface area contributed by atoms with Gasteiger partial charge < -0.3 is 0 Å². The maximum absolute atomic E-state index is 12.2. The molecule has 2 aliphatic rings. The topological polar surface area (TPSA) is 17.1 Å². The molecule has 4 atom stereocenters. The Balaban J connectivity index is 1.95. The van der Waals surface area contributed by atoms with Crippen LogP contribution in [0.15, 0.2) is 0 Å². The van der Waals surface area contributed by atoms with Gasteiger partial charge in [0.15, 0.2) is 0 Å². The van der Waals surface area contributed by atoms with E-state index in [1.165, 1.54) is 38.5 Å². The number of carbonyl (C=O) groups is 1. The molecule has 2 saturated carbocycles. The van der Waals surface area contributed by atoms with Crippen molar-refractivity contribution in [2.45, 2.75) is 79.1 Å². The summed E-state index contributed by atoms with van der Waals surface area (Å²) in [5.41, 5.74) is 0.340. The summed E-state index contributed by atoms with van der Waals surface area (Å²) < 4.78 is 0. The van der Waals surface area contributed by atoms with E-state index in [2.05, 4.69) is 27.7 Å². The van der Waals surface area contributed by atoms with Crippen LogP contribution in [0.25, 0.3) is 0 Å². The third-order valence-corrected chi connectivity index (χ3v) is 6.06. The number of ketones is 1. The van der Waals surface area contributed by atoms with E-state index in [9.17, 15) is 4.79 Å². The van der Waals surface area contributed by atoms with Crippen LogP contribution in [0, 0.1) is 29.1 Å².